The number of alkyl halides is 2. The molecule has 0 bridgehead atoms. The Morgan fingerprint density at radius 3 is 2.65 bits per heavy atom. The first-order chi connectivity index (χ1) is 16.2. The van der Waals surface area contributed by atoms with Gasteiger partial charge in [-0.1, -0.05) is 6.08 Å². The van der Waals surface area contributed by atoms with Crippen molar-refractivity contribution in [1.29, 1.82) is 0 Å². The maximum Gasteiger partial charge on any atom is 0.264 e. The van der Waals surface area contributed by atoms with E-state index in [2.05, 4.69) is 20.5 Å². The maximum absolute atomic E-state index is 15.8. The van der Waals surface area contributed by atoms with Crippen LogP contribution in [0.3, 0.4) is 0 Å². The van der Waals surface area contributed by atoms with Crippen molar-refractivity contribution < 1.29 is 22.4 Å². The number of nitrogens with zero attached hydrogens (tertiary/aromatic N) is 2. The van der Waals surface area contributed by atoms with Crippen LogP contribution in [0.1, 0.15) is 34.8 Å². The summed E-state index contributed by atoms with van der Waals surface area (Å²) in [4.78, 5) is 30.5. The second kappa shape index (κ2) is 9.59. The lowest BCUT2D eigenvalue weighted by Crippen LogP contribution is -2.50. The smallest absolute Gasteiger partial charge is 0.264 e. The van der Waals surface area contributed by atoms with Crippen LogP contribution in [0.15, 0.2) is 29.2 Å². The zero-order valence-corrected chi connectivity index (χ0v) is 18.7. The lowest BCUT2D eigenvalue weighted by atomic mass is 10.0. The van der Waals surface area contributed by atoms with E-state index in [1.54, 1.807) is 11.0 Å². The van der Waals surface area contributed by atoms with E-state index in [0.29, 0.717) is 37.8 Å². The van der Waals surface area contributed by atoms with Gasteiger partial charge in [-0.05, 0) is 19.5 Å². The van der Waals surface area contributed by atoms with Gasteiger partial charge in [0.1, 0.15) is 11.5 Å². The molecule has 3 N–H and O–H groups in total. The minimum atomic E-state index is -3.09. The highest BCUT2D eigenvalue weighted by Crippen LogP contribution is 2.38. The molecule has 1 amide bonds. The molecular weight excluding hydrogens is 454 g/mol. The van der Waals surface area contributed by atoms with Crippen LogP contribution in [0.4, 0.5) is 28.9 Å². The summed E-state index contributed by atoms with van der Waals surface area (Å²) in [6.45, 7) is 4.19. The quantitative estimate of drug-likeness (QED) is 0.575. The number of amides is 1. The van der Waals surface area contributed by atoms with E-state index >= 15 is 8.78 Å². The number of carbonyl (C=O) groups is 1. The number of carbonyl (C=O) groups excluding carboxylic acids is 1. The van der Waals surface area contributed by atoms with Gasteiger partial charge in [-0.15, -0.1) is 0 Å². The van der Waals surface area contributed by atoms with Crippen molar-refractivity contribution in [3.05, 3.63) is 63.1 Å². The minimum Gasteiger partial charge on any atom is -0.367 e. The number of H-pyrrole nitrogens is 1. The molecule has 0 spiro atoms. The molecule has 182 valence electrons. The van der Waals surface area contributed by atoms with E-state index in [9.17, 15) is 18.4 Å². The molecule has 2 aromatic rings. The van der Waals surface area contributed by atoms with E-state index in [1.165, 1.54) is 6.07 Å². The van der Waals surface area contributed by atoms with Crippen molar-refractivity contribution in [3.63, 3.8) is 0 Å². The Balaban J connectivity index is 1.80. The number of aromatic amines is 1. The molecule has 11 heteroatoms. The number of likely N-dealkylation sites (N-methyl/N-ethyl adjacent to an activating group) is 1. The molecule has 1 aromatic carbocycles. The van der Waals surface area contributed by atoms with Gasteiger partial charge < -0.3 is 25.4 Å². The first-order valence-electron chi connectivity index (χ1n) is 10.9. The zero-order valence-electron chi connectivity index (χ0n) is 18.7. The van der Waals surface area contributed by atoms with Crippen LogP contribution in [0.2, 0.25) is 0 Å². The standard InChI is InChI=1S/C23H25F4N5O2/c1-12-11-32(6-5-31(12)2)17-8-16(24)19(13-3-4-28-9-13)20(25)21(17)30-23(34)15-10-29-18(33)7-14(15)22(26)27/h3,7-8,10,12,22,28H,4-6,9,11H2,1-2H3,(H,29,33)(H,30,34)/t12-/m0/s1. The number of rotatable bonds is 5. The number of benzene rings is 1. The number of hydrogen-bond acceptors (Lipinski definition) is 5. The normalized spacial score (nSPS) is 19.0. The van der Waals surface area contributed by atoms with Crippen molar-refractivity contribution in [2.75, 3.05) is 50.0 Å². The van der Waals surface area contributed by atoms with Crippen LogP contribution in [0.25, 0.3) is 5.57 Å². The van der Waals surface area contributed by atoms with E-state index < -0.39 is 40.7 Å². The van der Waals surface area contributed by atoms with Gasteiger partial charge in [0.05, 0.1) is 16.8 Å². The molecule has 2 aliphatic heterocycles. The van der Waals surface area contributed by atoms with Gasteiger partial charge >= 0.3 is 0 Å². The Bertz CT molecular complexity index is 1200. The molecule has 1 atom stereocenters. The van der Waals surface area contributed by atoms with E-state index in [-0.39, 0.29) is 29.5 Å². The van der Waals surface area contributed by atoms with Crippen LogP contribution < -0.4 is 21.1 Å². The largest absolute Gasteiger partial charge is 0.367 e. The van der Waals surface area contributed by atoms with Crippen LogP contribution in [0.5, 0.6) is 0 Å². The summed E-state index contributed by atoms with van der Waals surface area (Å²) >= 11 is 0. The first-order valence-corrected chi connectivity index (χ1v) is 10.9. The van der Waals surface area contributed by atoms with Crippen molar-refractivity contribution in [2.24, 2.45) is 0 Å². The monoisotopic (exact) mass is 479 g/mol. The van der Waals surface area contributed by atoms with Gasteiger partial charge in [-0.3, -0.25) is 9.59 Å². The van der Waals surface area contributed by atoms with Gasteiger partial charge in [0, 0.05) is 62.7 Å². The summed E-state index contributed by atoms with van der Waals surface area (Å²) in [6, 6.07) is 1.88. The molecule has 1 aromatic heterocycles. The Kier molecular flexibility index (Phi) is 6.76. The molecule has 7 nitrogen and oxygen atoms in total. The van der Waals surface area contributed by atoms with Crippen LogP contribution >= 0.6 is 0 Å². The number of pyridine rings is 1. The topological polar surface area (TPSA) is 80.5 Å². The molecule has 4 rings (SSSR count). The highest BCUT2D eigenvalue weighted by Gasteiger charge is 2.30. The molecule has 1 saturated heterocycles. The third kappa shape index (κ3) is 4.58. The Hall–Kier alpha value is -3.18. The molecule has 0 unspecified atom stereocenters. The Labute approximate surface area is 193 Å². The highest BCUT2D eigenvalue weighted by atomic mass is 19.3. The van der Waals surface area contributed by atoms with Crippen molar-refractivity contribution in [2.45, 2.75) is 19.4 Å². The lowest BCUT2D eigenvalue weighted by molar-refractivity contribution is 0.101. The average Bonchev–Trinajstić information content (AvgIpc) is 3.31. The molecule has 34 heavy (non-hydrogen) atoms. The number of anilines is 2. The molecule has 0 aliphatic carbocycles. The number of piperazine rings is 1. The number of halogens is 4. The van der Waals surface area contributed by atoms with Gasteiger partial charge in [-0.25, -0.2) is 17.6 Å². The summed E-state index contributed by atoms with van der Waals surface area (Å²) in [7, 11) is 1.94. The fourth-order valence-electron chi connectivity index (χ4n) is 4.25. The average molecular weight is 479 g/mol. The third-order valence-corrected chi connectivity index (χ3v) is 6.30. The summed E-state index contributed by atoms with van der Waals surface area (Å²) in [6.07, 6.45) is -0.575. The molecule has 2 aliphatic rings. The molecule has 0 radical (unpaired) electrons. The fourth-order valence-corrected chi connectivity index (χ4v) is 4.25. The van der Waals surface area contributed by atoms with Crippen molar-refractivity contribution in [3.8, 4) is 0 Å². The molecular formula is C23H25F4N5O2. The van der Waals surface area contributed by atoms with Crippen molar-refractivity contribution >= 4 is 22.9 Å². The van der Waals surface area contributed by atoms with Gasteiger partial charge in [0.25, 0.3) is 12.3 Å². The van der Waals surface area contributed by atoms with E-state index in [1.807, 2.05) is 14.0 Å². The predicted molar refractivity (Wildman–Crippen MR) is 121 cm³/mol. The molecule has 1 fully saturated rings. The first kappa shape index (κ1) is 24.0. The zero-order chi connectivity index (χ0) is 24.6. The Morgan fingerprint density at radius 2 is 2.00 bits per heavy atom. The minimum absolute atomic E-state index is 0.0782. The molecule has 3 heterocycles. The van der Waals surface area contributed by atoms with Crippen LogP contribution in [0, 0.1) is 11.6 Å². The number of hydrogen-bond donors (Lipinski definition) is 3. The maximum atomic E-state index is 15.8. The van der Waals surface area contributed by atoms with Crippen molar-refractivity contribution in [1.82, 2.24) is 15.2 Å². The van der Waals surface area contributed by atoms with Crippen LogP contribution in [-0.4, -0.2) is 61.6 Å². The number of nitrogens with one attached hydrogen (secondary N) is 3. The van der Waals surface area contributed by atoms with Gasteiger partial charge in [0.2, 0.25) is 5.56 Å². The van der Waals surface area contributed by atoms with E-state index in [0.717, 1.165) is 6.20 Å². The lowest BCUT2D eigenvalue weighted by Gasteiger charge is -2.40. The highest BCUT2D eigenvalue weighted by molar-refractivity contribution is 6.07. The summed E-state index contributed by atoms with van der Waals surface area (Å²) in [5.41, 5.74) is -2.11. The fraction of sp³-hybridized carbons (Fsp3) is 0.391. The third-order valence-electron chi connectivity index (χ3n) is 6.30. The second-order valence-electron chi connectivity index (χ2n) is 8.50. The SMILES string of the molecule is C[C@H]1CN(c2cc(F)c(C3=CCNC3)c(F)c2NC(=O)c2c[nH]c(=O)cc2C(F)F)CCN1C. The number of aromatic nitrogens is 1. The second-order valence-corrected chi connectivity index (χ2v) is 8.50. The van der Waals surface area contributed by atoms with Gasteiger partial charge in [0.15, 0.2) is 5.82 Å². The summed E-state index contributed by atoms with van der Waals surface area (Å²) in [5, 5.41) is 5.36. The van der Waals surface area contributed by atoms with E-state index in [4.69, 9.17) is 0 Å². The summed E-state index contributed by atoms with van der Waals surface area (Å²) < 4.78 is 57.9. The predicted octanol–water partition coefficient (Wildman–Crippen LogP) is 2.97. The Morgan fingerprint density at radius 1 is 1.24 bits per heavy atom. The van der Waals surface area contributed by atoms with Gasteiger partial charge in [-0.2, -0.15) is 0 Å². The summed E-state index contributed by atoms with van der Waals surface area (Å²) in [5.74, 6) is -2.79. The van der Waals surface area contributed by atoms with Crippen LogP contribution in [-0.2, 0) is 0 Å². The molecule has 0 saturated carbocycles.